The van der Waals surface area contributed by atoms with E-state index in [2.05, 4.69) is 73.8 Å². The summed E-state index contributed by atoms with van der Waals surface area (Å²) in [4.78, 5) is 178. The predicted octanol–water partition coefficient (Wildman–Crippen LogP) is 8.13. The molecule has 0 aliphatic rings. The summed E-state index contributed by atoms with van der Waals surface area (Å²) in [5.41, 5.74) is 23.9. The molecule has 0 saturated carbocycles. The molecule has 0 fully saturated rings. The van der Waals surface area contributed by atoms with Crippen LogP contribution in [0.4, 0.5) is 62.3 Å². The molecule has 0 bridgehead atoms. The number of carboxylic acids is 4. The van der Waals surface area contributed by atoms with Crippen molar-refractivity contribution in [2.75, 3.05) is 78.5 Å². The second-order valence-electron chi connectivity index (χ2n) is 30.4. The number of nitrogens with two attached hydrogens (primary N) is 3. The zero-order chi connectivity index (χ0) is 107. The van der Waals surface area contributed by atoms with E-state index in [1.165, 1.54) is 24.3 Å². The number of carboxylic acid groups (broad SMARTS) is 4. The third-order valence-corrected chi connectivity index (χ3v) is 19.5. The minimum atomic E-state index is -5.08. The summed E-state index contributed by atoms with van der Waals surface area (Å²) in [5, 5.41) is 82.2. The average molecular weight is 2040 g/mol. The molecule has 144 heavy (non-hydrogen) atoms. The Morgan fingerprint density at radius 2 is 0.535 bits per heavy atom. The molecule has 8 rings (SSSR count). The van der Waals surface area contributed by atoms with E-state index in [1.54, 1.807) is 72.8 Å². The number of halogens is 12. The molecule has 38 nitrogen and oxygen atoms in total. The number of carbonyl (C=O) groups excluding carboxylic acids is 10. The summed E-state index contributed by atoms with van der Waals surface area (Å²) in [6.45, 7) is 4.20. The molecule has 0 spiro atoms. The van der Waals surface area contributed by atoms with Crippen LogP contribution in [-0.2, 0) is 51.4 Å². The van der Waals surface area contributed by atoms with Gasteiger partial charge >= 0.3 is 60.6 Å². The number of alkyl halides is 12. The van der Waals surface area contributed by atoms with Gasteiger partial charge in [0.1, 0.15) is 23.6 Å². The minimum absolute atomic E-state index is 0.0943. The van der Waals surface area contributed by atoms with E-state index in [0.717, 1.165) is 33.4 Å². The van der Waals surface area contributed by atoms with Crippen molar-refractivity contribution >= 4 is 95.1 Å². The maximum absolute atomic E-state index is 14.0. The quantitative estimate of drug-likeness (QED) is 0.00741. The molecule has 2 atom stereocenters. The van der Waals surface area contributed by atoms with Gasteiger partial charge in [0.25, 0.3) is 23.6 Å². The molecule has 0 aliphatic heterocycles. The molecule has 8 aromatic rings. The van der Waals surface area contributed by atoms with Gasteiger partial charge in [-0.05, 0) is 158 Å². The lowest BCUT2D eigenvalue weighted by Crippen LogP contribution is -2.48. The van der Waals surface area contributed by atoms with Gasteiger partial charge < -0.3 is 112 Å². The van der Waals surface area contributed by atoms with E-state index in [1.807, 2.05) is 126 Å². The molecule has 8 aromatic carbocycles. The normalized spacial score (nSPS) is 11.7. The number of unbranched alkanes of at least 4 members (excludes halogenated alkanes) is 2. The fourth-order valence-electron chi connectivity index (χ4n) is 12.3. The molecule has 12 amide bonds. The Kier molecular flexibility index (Phi) is 52.1. The highest BCUT2D eigenvalue weighted by atomic mass is 19.4. The molecule has 778 valence electrons. The fraction of sp³-hybridized carbons (Fsp3) is 0.319. The number of phenols is 2. The van der Waals surface area contributed by atoms with Crippen LogP contribution in [0.5, 0.6) is 11.5 Å². The van der Waals surface area contributed by atoms with Crippen molar-refractivity contribution in [3.8, 4) is 11.5 Å². The highest BCUT2D eigenvalue weighted by Gasteiger charge is 2.41. The van der Waals surface area contributed by atoms with Crippen LogP contribution in [0.2, 0.25) is 0 Å². The van der Waals surface area contributed by atoms with Gasteiger partial charge in [-0.25, -0.2) is 28.8 Å². The highest BCUT2D eigenvalue weighted by molar-refractivity contribution is 6.00. The van der Waals surface area contributed by atoms with Crippen molar-refractivity contribution in [2.45, 2.75) is 113 Å². The SMILES string of the molecule is NCCN(CCNC(=O)c1ccc(C(=O)NCCCCNC(=O)/N=C(/N)NCCC[C@@H](NC(=O)C(c2ccccc2)c2ccccc2)C(=O)NCc2ccc(O)cc2)cc1)CCNC(=O)c1ccc(C(=O)NCCCCNC(=O)/N=C(/N)NCCC[C@@H](NC(=O)C(c2ccccc2)c2ccccc2)C(=O)NCc2ccc(O)cc2)cc1.O=C(O)C(F)(F)F.O=C(O)C(F)(F)F.O=C(O)C(F)(F)F.O=C(O)C(F)(F)F. The molecule has 0 heterocycles. The number of hydrogen-bond acceptors (Lipinski definition) is 18. The number of rotatable bonds is 44. The molecule has 0 saturated heterocycles. The number of phenolic OH excluding ortho intramolecular Hbond substituents is 2. The molecular weight excluding hydrogens is 1930 g/mol. The molecule has 0 unspecified atom stereocenters. The number of aromatic hydroxyl groups is 2. The van der Waals surface area contributed by atoms with Crippen molar-refractivity contribution < 1.29 is 150 Å². The number of amides is 12. The summed E-state index contributed by atoms with van der Waals surface area (Å²) < 4.78 is 127. The number of hydrogen-bond donors (Lipinski definition) is 21. The largest absolute Gasteiger partial charge is 0.508 e. The first-order chi connectivity index (χ1) is 68.1. The predicted molar refractivity (Wildman–Crippen MR) is 499 cm³/mol. The van der Waals surface area contributed by atoms with Gasteiger partial charge in [0.05, 0.1) is 11.8 Å². The number of urea groups is 2. The maximum atomic E-state index is 14.0. The molecular formula is C94H108F12N18O20. The lowest BCUT2D eigenvalue weighted by Gasteiger charge is -2.23. The monoisotopic (exact) mass is 2040 g/mol. The number of nitrogens with zero attached hydrogens (tertiary/aromatic N) is 3. The number of benzene rings is 8. The Morgan fingerprint density at radius 3 is 0.778 bits per heavy atom. The van der Waals surface area contributed by atoms with E-state index >= 15 is 0 Å². The van der Waals surface area contributed by atoms with Crippen molar-refractivity contribution in [2.24, 2.45) is 27.2 Å². The van der Waals surface area contributed by atoms with E-state index in [4.69, 9.17) is 56.8 Å². The zero-order valence-corrected chi connectivity index (χ0v) is 76.7. The van der Waals surface area contributed by atoms with Crippen LogP contribution >= 0.6 is 0 Å². The van der Waals surface area contributed by atoms with Gasteiger partial charge in [-0.3, -0.25) is 43.3 Å². The van der Waals surface area contributed by atoms with Gasteiger partial charge in [0.15, 0.2) is 11.9 Å². The first-order valence-electron chi connectivity index (χ1n) is 43.7. The van der Waals surface area contributed by atoms with Crippen LogP contribution < -0.4 is 81.0 Å². The number of carbonyl (C=O) groups is 14. The Morgan fingerprint density at radius 1 is 0.299 bits per heavy atom. The molecule has 0 radical (unpaired) electrons. The van der Waals surface area contributed by atoms with E-state index in [0.29, 0.717) is 100 Å². The topological polar surface area (TPSA) is 611 Å². The van der Waals surface area contributed by atoms with Crippen molar-refractivity contribution in [3.05, 3.63) is 274 Å². The Bertz CT molecular complexity index is 5020. The fourth-order valence-corrected chi connectivity index (χ4v) is 12.3. The standard InChI is InChI=1S/C86H104N18O12.4C2HF3O2/c87-45-54-104(55-52-92-77(109)67-37-33-65(34-38-67)75(107)90-46-13-15-48-96-85(115)102-83(88)94-50-17-27-71(79(111)98-57-59-29-41-69(105)42-30-59)100-81(113)73(61-19-5-1-6-20-61)62-21-7-2-8-22-62)56-53-93-78(110)68-39-35-66(36-40-68)76(108)91-47-14-16-49-97-86(116)103-84(89)95-51-18-28-72(80(112)99-58-60-31-43-70(106)44-32-60)101-82(114)74(63-23-9-3-10-24-63)64-25-11-4-12-26-64;4*3-2(4,5)1(6)7/h1-12,19-26,29-44,71-74,105-106H,13-18,27-28,45-58,87H2,(H,90,107)(H,91,108)(H,92,109)(H,93,110)(H,98,111)(H,99,112)(H,100,113)(H,101,114)(H4,88,94,96,102,115)(H4,89,95,97,103,116);4*(H,6,7)/t71-,72-;;;;/m1..../s1. The average Bonchev–Trinajstić information content (AvgIpc) is 0.823. The Hall–Kier alpha value is -16.4. The van der Waals surface area contributed by atoms with Gasteiger partial charge in [-0.1, -0.05) is 146 Å². The lowest BCUT2D eigenvalue weighted by molar-refractivity contribution is -0.193. The minimum Gasteiger partial charge on any atom is -0.508 e. The first kappa shape index (κ1) is 120. The van der Waals surface area contributed by atoms with Gasteiger partial charge in [0, 0.05) is 114 Å². The Labute approximate surface area is 815 Å². The van der Waals surface area contributed by atoms with Crippen LogP contribution in [-0.4, -0.2) is 246 Å². The number of guanidine groups is 2. The number of aliphatic carboxylic acids is 4. The van der Waals surface area contributed by atoms with E-state index in [9.17, 15) is 111 Å². The summed E-state index contributed by atoms with van der Waals surface area (Å²) >= 11 is 0. The molecule has 0 aromatic heterocycles. The van der Waals surface area contributed by atoms with Crippen LogP contribution in [0.25, 0.3) is 0 Å². The van der Waals surface area contributed by atoms with Crippen LogP contribution in [0.3, 0.4) is 0 Å². The van der Waals surface area contributed by atoms with E-state index in [-0.39, 0.29) is 124 Å². The highest BCUT2D eigenvalue weighted by Crippen LogP contribution is 2.28. The maximum Gasteiger partial charge on any atom is 0.490 e. The molecule has 0 aliphatic carbocycles. The van der Waals surface area contributed by atoms with Gasteiger partial charge in [-0.15, -0.1) is 0 Å². The summed E-state index contributed by atoms with van der Waals surface area (Å²) in [6.07, 6.45) is -17.1. The lowest BCUT2D eigenvalue weighted by atomic mass is 9.90. The number of nitrogens with one attached hydrogen (secondary N) is 12. The van der Waals surface area contributed by atoms with Gasteiger partial charge in [-0.2, -0.15) is 62.7 Å². The second kappa shape index (κ2) is 62.6. The zero-order valence-electron chi connectivity index (χ0n) is 76.7. The van der Waals surface area contributed by atoms with Crippen LogP contribution in [0.15, 0.2) is 228 Å². The smallest absolute Gasteiger partial charge is 0.490 e. The van der Waals surface area contributed by atoms with Crippen molar-refractivity contribution in [1.29, 1.82) is 0 Å². The number of aliphatic imine (C=N–C) groups is 2. The molecule has 50 heteroatoms. The third-order valence-electron chi connectivity index (χ3n) is 19.5. The molecule has 24 N–H and O–H groups in total. The van der Waals surface area contributed by atoms with Crippen LogP contribution in [0.1, 0.15) is 138 Å². The van der Waals surface area contributed by atoms with Gasteiger partial charge in [0.2, 0.25) is 23.6 Å². The summed E-state index contributed by atoms with van der Waals surface area (Å²) in [7, 11) is 0. The van der Waals surface area contributed by atoms with Crippen molar-refractivity contribution in [3.63, 3.8) is 0 Å². The summed E-state index contributed by atoms with van der Waals surface area (Å²) in [6, 6.07) is 59.2. The summed E-state index contributed by atoms with van der Waals surface area (Å²) in [5.74, 6) is -15.4. The third kappa shape index (κ3) is 48.4. The van der Waals surface area contributed by atoms with E-state index < -0.39 is 96.4 Å². The van der Waals surface area contributed by atoms with Crippen molar-refractivity contribution in [1.82, 2.24) is 68.7 Å². The Balaban J connectivity index is 0.00000134. The van der Waals surface area contributed by atoms with Crippen LogP contribution in [0, 0.1) is 0 Å². The second-order valence-corrected chi connectivity index (χ2v) is 30.4. The first-order valence-corrected chi connectivity index (χ1v) is 43.7.